The summed E-state index contributed by atoms with van der Waals surface area (Å²) in [7, 11) is 1.38. The standard InChI is InChI=1S/C15H16N2O2S/c1-4-10-17-11(2)13(14(18)19-3)20-15(17)16-12-8-6-5-7-9-12/h4-9H,1,10H2,2-3H3. The topological polar surface area (TPSA) is 43.6 Å². The molecule has 5 heteroatoms. The van der Waals surface area contributed by atoms with E-state index in [1.54, 1.807) is 6.08 Å². The molecule has 2 aromatic rings. The molecule has 0 bridgehead atoms. The number of allylic oxidation sites excluding steroid dienone is 1. The number of rotatable bonds is 4. The minimum atomic E-state index is -0.333. The zero-order valence-electron chi connectivity index (χ0n) is 11.5. The Balaban J connectivity index is 2.60. The van der Waals surface area contributed by atoms with E-state index >= 15 is 0 Å². The van der Waals surface area contributed by atoms with E-state index in [2.05, 4.69) is 11.6 Å². The number of carbonyl (C=O) groups excluding carboxylic acids is 1. The highest BCUT2D eigenvalue weighted by molar-refractivity contribution is 7.11. The summed E-state index contributed by atoms with van der Waals surface area (Å²) in [5.74, 6) is -0.333. The van der Waals surface area contributed by atoms with Crippen LogP contribution in [0.1, 0.15) is 15.4 Å². The molecule has 0 saturated heterocycles. The average Bonchev–Trinajstić information content (AvgIpc) is 2.77. The third kappa shape index (κ3) is 2.88. The third-order valence-corrected chi connectivity index (χ3v) is 3.98. The molecule has 0 radical (unpaired) electrons. The van der Waals surface area contributed by atoms with Gasteiger partial charge in [0.25, 0.3) is 0 Å². The molecule has 0 unspecified atom stereocenters. The van der Waals surface area contributed by atoms with E-state index in [1.165, 1.54) is 18.4 Å². The van der Waals surface area contributed by atoms with Crippen LogP contribution in [-0.2, 0) is 11.3 Å². The first-order chi connectivity index (χ1) is 9.67. The highest BCUT2D eigenvalue weighted by atomic mass is 32.1. The minimum Gasteiger partial charge on any atom is -0.465 e. The molecule has 0 amide bonds. The number of hydrogen-bond donors (Lipinski definition) is 0. The number of methoxy groups -OCH3 is 1. The Hall–Kier alpha value is -2.14. The predicted octanol–water partition coefficient (Wildman–Crippen LogP) is 3.06. The minimum absolute atomic E-state index is 0.333. The Morgan fingerprint density at radius 3 is 2.75 bits per heavy atom. The van der Waals surface area contributed by atoms with Crippen molar-refractivity contribution >= 4 is 23.0 Å². The van der Waals surface area contributed by atoms with Gasteiger partial charge < -0.3 is 9.30 Å². The number of benzene rings is 1. The first-order valence-corrected chi connectivity index (χ1v) is 6.98. The van der Waals surface area contributed by atoms with Crippen LogP contribution in [0.2, 0.25) is 0 Å². The molecule has 0 atom stereocenters. The molecular weight excluding hydrogens is 272 g/mol. The monoisotopic (exact) mass is 288 g/mol. The largest absolute Gasteiger partial charge is 0.465 e. The number of carbonyl (C=O) groups is 1. The van der Waals surface area contributed by atoms with Crippen LogP contribution in [0.4, 0.5) is 5.69 Å². The Labute approximate surface area is 121 Å². The highest BCUT2D eigenvalue weighted by Crippen LogP contribution is 2.15. The second-order valence-corrected chi connectivity index (χ2v) is 5.11. The van der Waals surface area contributed by atoms with Gasteiger partial charge in [-0.1, -0.05) is 35.6 Å². The normalized spacial score (nSPS) is 11.4. The summed E-state index contributed by atoms with van der Waals surface area (Å²) in [5, 5.41) is 0. The maximum atomic E-state index is 11.8. The number of esters is 1. The Bertz CT molecular complexity index is 684. The Morgan fingerprint density at radius 1 is 1.45 bits per heavy atom. The van der Waals surface area contributed by atoms with Gasteiger partial charge in [-0.05, 0) is 19.1 Å². The average molecular weight is 288 g/mol. The summed E-state index contributed by atoms with van der Waals surface area (Å²) in [6.07, 6.45) is 1.78. The second kappa shape index (κ2) is 6.34. The molecule has 0 spiro atoms. The van der Waals surface area contributed by atoms with Crippen molar-refractivity contribution in [3.63, 3.8) is 0 Å². The number of ether oxygens (including phenoxy) is 1. The molecule has 2 rings (SSSR count). The molecule has 104 valence electrons. The van der Waals surface area contributed by atoms with E-state index in [0.29, 0.717) is 11.4 Å². The lowest BCUT2D eigenvalue weighted by Crippen LogP contribution is -2.15. The number of para-hydroxylation sites is 1. The van der Waals surface area contributed by atoms with Gasteiger partial charge >= 0.3 is 5.97 Å². The third-order valence-electron chi connectivity index (χ3n) is 2.82. The number of hydrogen-bond acceptors (Lipinski definition) is 4. The van der Waals surface area contributed by atoms with Crippen molar-refractivity contribution in [1.82, 2.24) is 4.57 Å². The lowest BCUT2D eigenvalue weighted by Gasteiger charge is -2.02. The van der Waals surface area contributed by atoms with Crippen LogP contribution in [0, 0.1) is 6.92 Å². The Kier molecular flexibility index (Phi) is 4.53. The fraction of sp³-hybridized carbons (Fsp3) is 0.200. The predicted molar refractivity (Wildman–Crippen MR) is 80.2 cm³/mol. The fourth-order valence-corrected chi connectivity index (χ4v) is 2.89. The molecule has 20 heavy (non-hydrogen) atoms. The van der Waals surface area contributed by atoms with Gasteiger partial charge in [-0.25, -0.2) is 9.79 Å². The van der Waals surface area contributed by atoms with E-state index in [0.717, 1.165) is 16.2 Å². The van der Waals surface area contributed by atoms with Gasteiger partial charge in [-0.3, -0.25) is 0 Å². The number of nitrogens with zero attached hydrogens (tertiary/aromatic N) is 2. The molecule has 0 N–H and O–H groups in total. The maximum absolute atomic E-state index is 11.8. The molecule has 0 fully saturated rings. The molecular formula is C15H16N2O2S. The molecule has 0 aliphatic carbocycles. The first kappa shape index (κ1) is 14.3. The molecule has 1 heterocycles. The van der Waals surface area contributed by atoms with Gasteiger partial charge in [0.15, 0.2) is 4.80 Å². The van der Waals surface area contributed by atoms with Crippen LogP contribution in [0.3, 0.4) is 0 Å². The van der Waals surface area contributed by atoms with Gasteiger partial charge in [-0.15, -0.1) is 6.58 Å². The fourth-order valence-electron chi connectivity index (χ4n) is 1.81. The van der Waals surface area contributed by atoms with E-state index in [4.69, 9.17) is 4.74 Å². The van der Waals surface area contributed by atoms with Crippen LogP contribution < -0.4 is 4.80 Å². The van der Waals surface area contributed by atoms with Crippen molar-refractivity contribution in [3.8, 4) is 0 Å². The molecule has 0 aliphatic rings. The van der Waals surface area contributed by atoms with Crippen LogP contribution in [0.15, 0.2) is 48.0 Å². The van der Waals surface area contributed by atoms with Gasteiger partial charge in [0.2, 0.25) is 0 Å². The van der Waals surface area contributed by atoms with E-state index in [9.17, 15) is 4.79 Å². The summed E-state index contributed by atoms with van der Waals surface area (Å²) in [5.41, 5.74) is 1.69. The van der Waals surface area contributed by atoms with E-state index < -0.39 is 0 Å². The summed E-state index contributed by atoms with van der Waals surface area (Å²) in [4.78, 5) is 17.7. The molecule has 1 aromatic heterocycles. The van der Waals surface area contributed by atoms with Crippen molar-refractivity contribution in [2.75, 3.05) is 7.11 Å². The van der Waals surface area contributed by atoms with Gasteiger partial charge in [-0.2, -0.15) is 0 Å². The second-order valence-electron chi connectivity index (χ2n) is 4.14. The highest BCUT2D eigenvalue weighted by Gasteiger charge is 2.16. The summed E-state index contributed by atoms with van der Waals surface area (Å²) < 4.78 is 6.76. The summed E-state index contributed by atoms with van der Waals surface area (Å²) >= 11 is 1.33. The van der Waals surface area contributed by atoms with Gasteiger partial charge in [0.1, 0.15) is 4.88 Å². The van der Waals surface area contributed by atoms with Crippen molar-refractivity contribution in [2.45, 2.75) is 13.5 Å². The van der Waals surface area contributed by atoms with Crippen LogP contribution in [0.5, 0.6) is 0 Å². The quantitative estimate of drug-likeness (QED) is 0.641. The smallest absolute Gasteiger partial charge is 0.349 e. The van der Waals surface area contributed by atoms with Crippen LogP contribution >= 0.6 is 11.3 Å². The molecule has 4 nitrogen and oxygen atoms in total. The van der Waals surface area contributed by atoms with Crippen molar-refractivity contribution < 1.29 is 9.53 Å². The zero-order valence-corrected chi connectivity index (χ0v) is 12.3. The van der Waals surface area contributed by atoms with Gasteiger partial charge in [0, 0.05) is 12.2 Å². The molecule has 0 aliphatic heterocycles. The van der Waals surface area contributed by atoms with Crippen molar-refractivity contribution in [2.24, 2.45) is 4.99 Å². The zero-order chi connectivity index (χ0) is 14.5. The van der Waals surface area contributed by atoms with Crippen LogP contribution in [-0.4, -0.2) is 17.6 Å². The maximum Gasteiger partial charge on any atom is 0.349 e. The summed E-state index contributed by atoms with van der Waals surface area (Å²) in [6.45, 7) is 6.23. The van der Waals surface area contributed by atoms with Crippen LogP contribution in [0.25, 0.3) is 0 Å². The Morgan fingerprint density at radius 2 is 2.15 bits per heavy atom. The summed E-state index contributed by atoms with van der Waals surface area (Å²) in [6, 6.07) is 9.64. The number of aromatic nitrogens is 1. The van der Waals surface area contributed by atoms with E-state index in [-0.39, 0.29) is 5.97 Å². The van der Waals surface area contributed by atoms with Crippen molar-refractivity contribution in [3.05, 3.63) is 58.4 Å². The molecule has 0 saturated carbocycles. The number of thiazole rings is 1. The van der Waals surface area contributed by atoms with E-state index in [1.807, 2.05) is 41.8 Å². The molecule has 1 aromatic carbocycles. The SMILES string of the molecule is C=CCn1c(C)c(C(=O)OC)sc1=Nc1ccccc1. The first-order valence-electron chi connectivity index (χ1n) is 6.16. The van der Waals surface area contributed by atoms with Crippen molar-refractivity contribution in [1.29, 1.82) is 0 Å². The van der Waals surface area contributed by atoms with Gasteiger partial charge in [0.05, 0.1) is 12.8 Å². The lowest BCUT2D eigenvalue weighted by molar-refractivity contribution is 0.0605. The lowest BCUT2D eigenvalue weighted by atomic mass is 10.3.